The fraction of sp³-hybridized carbons (Fsp3) is 0. The first-order valence-corrected chi connectivity index (χ1v) is 7.34. The maximum Gasteiger partial charge on any atom is 0.193 e. The fourth-order valence-corrected chi connectivity index (χ4v) is 2.91. The molecule has 0 aliphatic carbocycles. The van der Waals surface area contributed by atoms with E-state index in [9.17, 15) is 4.79 Å². The first kappa shape index (κ1) is 12.8. The lowest BCUT2D eigenvalue weighted by atomic mass is 9.96. The topological polar surface area (TPSA) is 17.1 Å². The number of hydrogen-bond donors (Lipinski definition) is 0. The summed E-state index contributed by atoms with van der Waals surface area (Å²) in [7, 11) is 0. The van der Waals surface area contributed by atoms with E-state index in [0.717, 1.165) is 32.7 Å². The summed E-state index contributed by atoms with van der Waals surface area (Å²) in [5.41, 5.74) is 1.49. The van der Waals surface area contributed by atoms with Crippen molar-refractivity contribution in [3.8, 4) is 0 Å². The van der Waals surface area contributed by atoms with Crippen LogP contribution < -0.4 is 0 Å². The van der Waals surface area contributed by atoms with E-state index >= 15 is 0 Å². The molecular formula is C21H14O. The van der Waals surface area contributed by atoms with Gasteiger partial charge < -0.3 is 0 Å². The summed E-state index contributed by atoms with van der Waals surface area (Å²) in [4.78, 5) is 12.9. The Kier molecular flexibility index (Phi) is 2.97. The van der Waals surface area contributed by atoms with Gasteiger partial charge >= 0.3 is 0 Å². The van der Waals surface area contributed by atoms with Gasteiger partial charge in [0.1, 0.15) is 0 Å². The molecule has 0 aliphatic rings. The van der Waals surface area contributed by atoms with Gasteiger partial charge in [-0.1, -0.05) is 78.9 Å². The molecule has 4 rings (SSSR count). The van der Waals surface area contributed by atoms with Crippen molar-refractivity contribution in [2.24, 2.45) is 0 Å². The number of carbonyl (C=O) groups is 1. The minimum atomic E-state index is 0.0718. The summed E-state index contributed by atoms with van der Waals surface area (Å²) in [6.07, 6.45) is 0. The van der Waals surface area contributed by atoms with Gasteiger partial charge in [-0.15, -0.1) is 0 Å². The number of fused-ring (bicyclic) bond motifs is 2. The number of ketones is 1. The largest absolute Gasteiger partial charge is 0.289 e. The molecule has 1 heteroatoms. The van der Waals surface area contributed by atoms with Gasteiger partial charge in [-0.25, -0.2) is 0 Å². The summed E-state index contributed by atoms with van der Waals surface area (Å²) >= 11 is 0. The van der Waals surface area contributed by atoms with Crippen molar-refractivity contribution in [2.45, 2.75) is 0 Å². The van der Waals surface area contributed by atoms with E-state index in [4.69, 9.17) is 0 Å². The van der Waals surface area contributed by atoms with Crippen molar-refractivity contribution < 1.29 is 4.79 Å². The van der Waals surface area contributed by atoms with Crippen molar-refractivity contribution >= 4 is 27.3 Å². The molecule has 104 valence electrons. The maximum absolute atomic E-state index is 12.9. The fourth-order valence-electron chi connectivity index (χ4n) is 2.91. The zero-order chi connectivity index (χ0) is 14.9. The van der Waals surface area contributed by atoms with Gasteiger partial charge in [0, 0.05) is 11.1 Å². The first-order chi connectivity index (χ1) is 10.8. The Morgan fingerprint density at radius 3 is 2.14 bits per heavy atom. The molecule has 0 radical (unpaired) electrons. The molecule has 4 aromatic rings. The van der Waals surface area contributed by atoms with Crippen molar-refractivity contribution in [1.29, 1.82) is 0 Å². The lowest BCUT2D eigenvalue weighted by Crippen LogP contribution is -2.02. The molecule has 0 fully saturated rings. The highest BCUT2D eigenvalue weighted by Gasteiger charge is 2.12. The van der Waals surface area contributed by atoms with Crippen LogP contribution >= 0.6 is 0 Å². The molecule has 0 aliphatic heterocycles. The summed E-state index contributed by atoms with van der Waals surface area (Å²) < 4.78 is 0. The summed E-state index contributed by atoms with van der Waals surface area (Å²) in [6.45, 7) is 0. The van der Waals surface area contributed by atoms with Crippen LogP contribution in [0.1, 0.15) is 15.9 Å². The van der Waals surface area contributed by atoms with Gasteiger partial charge in [0.05, 0.1) is 0 Å². The van der Waals surface area contributed by atoms with E-state index in [1.54, 1.807) is 0 Å². The highest BCUT2D eigenvalue weighted by atomic mass is 16.1. The third kappa shape index (κ3) is 2.08. The van der Waals surface area contributed by atoms with Gasteiger partial charge in [0.25, 0.3) is 0 Å². The van der Waals surface area contributed by atoms with Gasteiger partial charge in [-0.2, -0.15) is 0 Å². The standard InChI is InChI=1S/C21H14O/c22-21(18-13-12-15-6-1-2-8-17(15)14-18)20-11-5-9-16-7-3-4-10-19(16)20/h1-14H. The second kappa shape index (κ2) is 5.12. The molecule has 0 amide bonds. The van der Waals surface area contributed by atoms with E-state index in [-0.39, 0.29) is 5.78 Å². The molecular weight excluding hydrogens is 268 g/mol. The average molecular weight is 282 g/mol. The monoisotopic (exact) mass is 282 g/mol. The predicted molar refractivity (Wildman–Crippen MR) is 91.3 cm³/mol. The molecule has 0 heterocycles. The first-order valence-electron chi connectivity index (χ1n) is 7.34. The molecule has 0 bridgehead atoms. The van der Waals surface area contributed by atoms with Crippen LogP contribution in [0.2, 0.25) is 0 Å². The van der Waals surface area contributed by atoms with Crippen LogP contribution in [0.25, 0.3) is 21.5 Å². The number of carbonyl (C=O) groups excluding carboxylic acids is 1. The van der Waals surface area contributed by atoms with Crippen LogP contribution in [0.4, 0.5) is 0 Å². The van der Waals surface area contributed by atoms with Gasteiger partial charge in [-0.05, 0) is 27.6 Å². The average Bonchev–Trinajstić information content (AvgIpc) is 2.60. The Labute approximate surface area is 128 Å². The zero-order valence-corrected chi connectivity index (χ0v) is 12.0. The minimum Gasteiger partial charge on any atom is -0.289 e. The van der Waals surface area contributed by atoms with E-state index < -0.39 is 0 Å². The lowest BCUT2D eigenvalue weighted by molar-refractivity contribution is 0.104. The summed E-state index contributed by atoms with van der Waals surface area (Å²) in [5.74, 6) is 0.0718. The molecule has 22 heavy (non-hydrogen) atoms. The minimum absolute atomic E-state index is 0.0718. The van der Waals surface area contributed by atoms with E-state index in [1.165, 1.54) is 0 Å². The highest BCUT2D eigenvalue weighted by Crippen LogP contribution is 2.23. The van der Waals surface area contributed by atoms with Crippen molar-refractivity contribution in [3.63, 3.8) is 0 Å². The van der Waals surface area contributed by atoms with Crippen LogP contribution in [0, 0.1) is 0 Å². The molecule has 0 spiro atoms. The van der Waals surface area contributed by atoms with E-state index in [1.807, 2.05) is 78.9 Å². The zero-order valence-electron chi connectivity index (χ0n) is 12.0. The van der Waals surface area contributed by atoms with E-state index in [0.29, 0.717) is 0 Å². The second-order valence-electron chi connectivity index (χ2n) is 5.42. The highest BCUT2D eigenvalue weighted by molar-refractivity contribution is 6.17. The normalized spacial score (nSPS) is 10.9. The van der Waals surface area contributed by atoms with Crippen LogP contribution in [-0.4, -0.2) is 5.78 Å². The number of rotatable bonds is 2. The van der Waals surface area contributed by atoms with Crippen molar-refractivity contribution in [3.05, 3.63) is 96.1 Å². The Hall–Kier alpha value is -2.93. The predicted octanol–water partition coefficient (Wildman–Crippen LogP) is 5.22. The van der Waals surface area contributed by atoms with Gasteiger partial charge in [0.2, 0.25) is 0 Å². The van der Waals surface area contributed by atoms with Crippen LogP contribution in [-0.2, 0) is 0 Å². The molecule has 0 unspecified atom stereocenters. The molecule has 1 nitrogen and oxygen atoms in total. The van der Waals surface area contributed by atoms with Crippen LogP contribution in [0.3, 0.4) is 0 Å². The quantitative estimate of drug-likeness (QED) is 0.460. The smallest absolute Gasteiger partial charge is 0.193 e. The Bertz CT molecular complexity index is 993. The molecule has 0 atom stereocenters. The Balaban J connectivity index is 1.88. The van der Waals surface area contributed by atoms with Crippen LogP contribution in [0.5, 0.6) is 0 Å². The van der Waals surface area contributed by atoms with Gasteiger partial charge in [0.15, 0.2) is 5.78 Å². The van der Waals surface area contributed by atoms with Crippen molar-refractivity contribution in [1.82, 2.24) is 0 Å². The molecule has 0 saturated carbocycles. The molecule has 4 aromatic carbocycles. The summed E-state index contributed by atoms with van der Waals surface area (Å²) in [5, 5.41) is 4.34. The third-order valence-electron chi connectivity index (χ3n) is 4.05. The maximum atomic E-state index is 12.9. The molecule has 0 N–H and O–H groups in total. The van der Waals surface area contributed by atoms with E-state index in [2.05, 4.69) is 6.07 Å². The molecule has 0 aromatic heterocycles. The van der Waals surface area contributed by atoms with Gasteiger partial charge in [-0.3, -0.25) is 4.79 Å². The Morgan fingerprint density at radius 2 is 1.27 bits per heavy atom. The molecule has 0 saturated heterocycles. The summed E-state index contributed by atoms with van der Waals surface area (Å²) in [6, 6.07) is 27.9. The Morgan fingerprint density at radius 1 is 0.591 bits per heavy atom. The van der Waals surface area contributed by atoms with Crippen LogP contribution in [0.15, 0.2) is 84.9 Å². The second-order valence-corrected chi connectivity index (χ2v) is 5.42. The third-order valence-corrected chi connectivity index (χ3v) is 4.05. The lowest BCUT2D eigenvalue weighted by Gasteiger charge is -2.07. The number of benzene rings is 4. The van der Waals surface area contributed by atoms with Crippen molar-refractivity contribution in [2.75, 3.05) is 0 Å². The number of hydrogen-bond acceptors (Lipinski definition) is 1. The SMILES string of the molecule is O=C(c1ccc2ccccc2c1)c1cccc2ccccc12.